The molecule has 1 aromatic carbocycles. The molecule has 0 saturated carbocycles. The van der Waals surface area contributed by atoms with Crippen LogP contribution in [0.3, 0.4) is 0 Å². The minimum atomic E-state index is 0.229. The van der Waals surface area contributed by atoms with Gasteiger partial charge in [0.15, 0.2) is 5.78 Å². The average Bonchev–Trinajstić information content (AvgIpc) is 2.89. The molecule has 0 radical (unpaired) electrons. The number of hydrogen-bond donors (Lipinski definition) is 0. The van der Waals surface area contributed by atoms with Gasteiger partial charge in [0.05, 0.1) is 0 Å². The van der Waals surface area contributed by atoms with E-state index in [0.29, 0.717) is 0 Å². The van der Waals surface area contributed by atoms with Crippen LogP contribution in [0.4, 0.5) is 0 Å². The first-order chi connectivity index (χ1) is 8.77. The summed E-state index contributed by atoms with van der Waals surface area (Å²) in [5, 5.41) is 0. The second-order valence-corrected chi connectivity index (χ2v) is 7.45. The quantitative estimate of drug-likeness (QED) is 0.757. The minimum absolute atomic E-state index is 0.229. The van der Waals surface area contributed by atoms with Gasteiger partial charge in [-0.25, -0.2) is 0 Å². The third-order valence-electron chi connectivity index (χ3n) is 2.58. The number of carbonyl (C=O) groups excluding carboxylic acids is 1. The van der Waals surface area contributed by atoms with Crippen molar-refractivity contribution in [2.75, 3.05) is 17.3 Å². The van der Waals surface area contributed by atoms with Crippen molar-refractivity contribution in [3.8, 4) is 0 Å². The van der Waals surface area contributed by atoms with E-state index in [2.05, 4.69) is 24.3 Å². The molecular weight excluding hydrogens is 280 g/mol. The number of benzene rings is 1. The molecule has 0 amide bonds. The molecular formula is C14H16OS3. The molecule has 4 heteroatoms. The zero-order valence-corrected chi connectivity index (χ0v) is 12.8. The highest BCUT2D eigenvalue weighted by atomic mass is 32.2. The van der Waals surface area contributed by atoms with Crippen LogP contribution in [0.25, 0.3) is 0 Å². The van der Waals surface area contributed by atoms with Crippen LogP contribution in [0, 0.1) is 0 Å². The van der Waals surface area contributed by atoms with Gasteiger partial charge < -0.3 is 0 Å². The smallest absolute Gasteiger partial charge is 0.158 e. The van der Waals surface area contributed by atoms with Crippen LogP contribution in [-0.4, -0.2) is 23.0 Å². The fourth-order valence-corrected chi connectivity index (χ4v) is 5.55. The normalized spacial score (nSPS) is 14.8. The van der Waals surface area contributed by atoms with Gasteiger partial charge in [0.1, 0.15) is 0 Å². The van der Waals surface area contributed by atoms with Crippen molar-refractivity contribution >= 4 is 41.1 Å². The van der Waals surface area contributed by atoms with E-state index in [0.717, 1.165) is 28.6 Å². The molecule has 0 bridgehead atoms. The zero-order valence-electron chi connectivity index (χ0n) is 10.3. The molecule has 1 nitrogen and oxygen atoms in total. The highest BCUT2D eigenvalue weighted by Gasteiger charge is 2.17. The van der Waals surface area contributed by atoms with Crippen molar-refractivity contribution < 1.29 is 4.79 Å². The van der Waals surface area contributed by atoms with Crippen molar-refractivity contribution in [1.82, 2.24) is 0 Å². The van der Waals surface area contributed by atoms with Crippen LogP contribution in [0.2, 0.25) is 0 Å². The number of ketones is 1. The molecule has 1 aromatic rings. The monoisotopic (exact) mass is 296 g/mol. The van der Waals surface area contributed by atoms with E-state index in [4.69, 9.17) is 0 Å². The van der Waals surface area contributed by atoms with Crippen molar-refractivity contribution in [2.24, 2.45) is 0 Å². The second-order valence-electron chi connectivity index (χ2n) is 4.00. The Kier molecular flexibility index (Phi) is 5.73. The molecule has 96 valence electrons. The van der Waals surface area contributed by atoms with Gasteiger partial charge in [-0.3, -0.25) is 4.79 Å². The van der Waals surface area contributed by atoms with Crippen LogP contribution in [-0.2, 0) is 10.5 Å². The lowest BCUT2D eigenvalue weighted by Crippen LogP contribution is -2.01. The minimum Gasteiger partial charge on any atom is -0.295 e. The fraction of sp³-hybridized carbons (Fsp3) is 0.357. The lowest BCUT2D eigenvalue weighted by Gasteiger charge is -2.07. The maximum atomic E-state index is 11.7. The third kappa shape index (κ3) is 4.11. The Morgan fingerprint density at radius 1 is 1.22 bits per heavy atom. The van der Waals surface area contributed by atoms with E-state index in [9.17, 15) is 4.79 Å². The molecule has 1 aliphatic rings. The van der Waals surface area contributed by atoms with Crippen LogP contribution >= 0.6 is 35.3 Å². The molecule has 0 spiro atoms. The predicted molar refractivity (Wildman–Crippen MR) is 85.2 cm³/mol. The first kappa shape index (κ1) is 14.1. The largest absolute Gasteiger partial charge is 0.295 e. The molecule has 0 unspecified atom stereocenters. The number of rotatable bonds is 5. The first-order valence-corrected chi connectivity index (χ1v) is 9.01. The van der Waals surface area contributed by atoms with Crippen LogP contribution < -0.4 is 0 Å². The molecule has 0 aliphatic carbocycles. The van der Waals surface area contributed by atoms with Gasteiger partial charge in [0, 0.05) is 32.8 Å². The van der Waals surface area contributed by atoms with E-state index in [1.165, 1.54) is 9.80 Å². The molecule has 1 saturated heterocycles. The predicted octanol–water partition coefficient (Wildman–Crippen LogP) is 4.20. The Morgan fingerprint density at radius 2 is 1.89 bits per heavy atom. The Labute approximate surface area is 121 Å². The van der Waals surface area contributed by atoms with Crippen molar-refractivity contribution in [2.45, 2.75) is 12.7 Å². The second kappa shape index (κ2) is 7.31. The van der Waals surface area contributed by atoms with Gasteiger partial charge in [-0.1, -0.05) is 30.3 Å². The number of hydrogen-bond acceptors (Lipinski definition) is 4. The molecule has 0 aromatic heterocycles. The fourth-order valence-electron chi connectivity index (χ4n) is 1.63. The zero-order chi connectivity index (χ0) is 12.8. The van der Waals surface area contributed by atoms with Crippen LogP contribution in [0.5, 0.6) is 0 Å². The summed E-state index contributed by atoms with van der Waals surface area (Å²) in [6.07, 6.45) is 0. The van der Waals surface area contributed by atoms with E-state index in [1.807, 2.05) is 41.4 Å². The van der Waals surface area contributed by atoms with Crippen molar-refractivity contribution in [3.05, 3.63) is 45.7 Å². The lowest BCUT2D eigenvalue weighted by atomic mass is 10.2. The number of Topliss-reactive ketones (excluding diaryl/α,β-unsaturated/α-hetero) is 1. The molecule has 1 heterocycles. The van der Waals surface area contributed by atoms with Crippen molar-refractivity contribution in [3.63, 3.8) is 0 Å². The standard InChI is InChI=1S/C14H16OS3/c1-11(15)13(14-17-7-8-18-14)10-16-9-12-5-3-2-4-6-12/h2-6H,7-10H2,1H3. The van der Waals surface area contributed by atoms with E-state index < -0.39 is 0 Å². The summed E-state index contributed by atoms with van der Waals surface area (Å²) in [4.78, 5) is 11.7. The van der Waals surface area contributed by atoms with Crippen LogP contribution in [0.1, 0.15) is 12.5 Å². The van der Waals surface area contributed by atoms with Gasteiger partial charge in [0.25, 0.3) is 0 Å². The Bertz CT molecular complexity index is 432. The average molecular weight is 296 g/mol. The van der Waals surface area contributed by atoms with Gasteiger partial charge in [-0.2, -0.15) is 11.8 Å². The summed E-state index contributed by atoms with van der Waals surface area (Å²) in [7, 11) is 0. The van der Waals surface area contributed by atoms with Gasteiger partial charge >= 0.3 is 0 Å². The Balaban J connectivity index is 1.91. The summed E-state index contributed by atoms with van der Waals surface area (Å²) < 4.78 is 1.25. The molecule has 1 fully saturated rings. The van der Waals surface area contributed by atoms with Gasteiger partial charge in [0.2, 0.25) is 0 Å². The van der Waals surface area contributed by atoms with Gasteiger partial charge in [-0.15, -0.1) is 23.5 Å². The SMILES string of the molecule is CC(=O)C(CSCc1ccccc1)=C1SCCS1. The first-order valence-electron chi connectivity index (χ1n) is 5.88. The third-order valence-corrected chi connectivity index (χ3v) is 6.41. The van der Waals surface area contributed by atoms with Crippen molar-refractivity contribution in [1.29, 1.82) is 0 Å². The number of thioether (sulfide) groups is 3. The number of carbonyl (C=O) groups is 1. The highest BCUT2D eigenvalue weighted by Crippen LogP contribution is 2.39. The van der Waals surface area contributed by atoms with Crippen LogP contribution in [0.15, 0.2) is 40.1 Å². The Morgan fingerprint density at radius 3 is 2.50 bits per heavy atom. The van der Waals surface area contributed by atoms with E-state index >= 15 is 0 Å². The van der Waals surface area contributed by atoms with E-state index in [1.54, 1.807) is 6.92 Å². The summed E-state index contributed by atoms with van der Waals surface area (Å²) >= 11 is 5.49. The summed E-state index contributed by atoms with van der Waals surface area (Å²) in [5.74, 6) is 4.31. The molecule has 0 N–H and O–H groups in total. The maximum Gasteiger partial charge on any atom is 0.158 e. The molecule has 18 heavy (non-hydrogen) atoms. The maximum absolute atomic E-state index is 11.7. The molecule has 1 aliphatic heterocycles. The summed E-state index contributed by atoms with van der Waals surface area (Å²) in [6.45, 7) is 1.69. The molecule has 0 atom stereocenters. The van der Waals surface area contributed by atoms with Gasteiger partial charge in [-0.05, 0) is 12.5 Å². The molecule has 2 rings (SSSR count). The highest BCUT2D eigenvalue weighted by molar-refractivity contribution is 8.25. The summed E-state index contributed by atoms with van der Waals surface area (Å²) in [5.41, 5.74) is 2.34. The lowest BCUT2D eigenvalue weighted by molar-refractivity contribution is -0.113. The Hall–Kier alpha value is -0.320. The summed E-state index contributed by atoms with van der Waals surface area (Å²) in [6, 6.07) is 10.4. The topological polar surface area (TPSA) is 17.1 Å². The van der Waals surface area contributed by atoms with E-state index in [-0.39, 0.29) is 5.78 Å².